The molecule has 1 aliphatic heterocycles. The molecule has 4 aromatic rings. The van der Waals surface area contributed by atoms with Crippen molar-refractivity contribution in [2.24, 2.45) is 5.84 Å². The highest BCUT2D eigenvalue weighted by molar-refractivity contribution is 5.94. The van der Waals surface area contributed by atoms with E-state index in [0.717, 1.165) is 60.5 Å². The Kier molecular flexibility index (Phi) is 7.01. The predicted octanol–water partition coefficient (Wildman–Crippen LogP) is 4.20. The molecule has 37 heavy (non-hydrogen) atoms. The van der Waals surface area contributed by atoms with Crippen molar-refractivity contribution in [3.63, 3.8) is 0 Å². The molecule has 0 saturated carbocycles. The summed E-state index contributed by atoms with van der Waals surface area (Å²) in [7, 11) is 2.18. The normalized spacial score (nSPS) is 14.4. The molecule has 5 rings (SSSR count). The van der Waals surface area contributed by atoms with E-state index in [4.69, 9.17) is 16.1 Å². The van der Waals surface area contributed by atoms with Crippen LogP contribution in [0.15, 0.2) is 53.1 Å². The maximum atomic E-state index is 6.03. The lowest BCUT2D eigenvalue weighted by Crippen LogP contribution is -2.43. The molecule has 0 bridgehead atoms. The number of fused-ring (bicyclic) bond motifs is 1. The summed E-state index contributed by atoms with van der Waals surface area (Å²) in [6, 6.07) is 16.1. The molecule has 0 aliphatic carbocycles. The van der Waals surface area contributed by atoms with E-state index in [1.807, 2.05) is 31.2 Å². The average molecular weight is 496 g/mol. The number of aromatic nitrogens is 1. The van der Waals surface area contributed by atoms with Gasteiger partial charge >= 0.3 is 0 Å². The van der Waals surface area contributed by atoms with Crippen LogP contribution in [0.5, 0.6) is 0 Å². The number of aryl methyl sites for hydroxylation is 2. The van der Waals surface area contributed by atoms with Crippen molar-refractivity contribution in [2.75, 3.05) is 49.7 Å². The summed E-state index contributed by atoms with van der Waals surface area (Å²) in [6.07, 6.45) is 0. The number of rotatable bonds is 5. The Bertz CT molecular complexity index is 1490. The highest BCUT2D eigenvalue weighted by atomic mass is 16.5. The molecule has 1 fully saturated rings. The molecule has 1 aromatic heterocycles. The Balaban J connectivity index is 1.40. The summed E-state index contributed by atoms with van der Waals surface area (Å²) >= 11 is 0. The summed E-state index contributed by atoms with van der Waals surface area (Å²) < 4.78 is 5.79. The van der Waals surface area contributed by atoms with Crippen LogP contribution in [0.2, 0.25) is 0 Å². The summed E-state index contributed by atoms with van der Waals surface area (Å²) in [6.45, 7) is 9.47. The third-order valence-corrected chi connectivity index (χ3v) is 6.79. The van der Waals surface area contributed by atoms with Gasteiger partial charge in [0.15, 0.2) is 11.4 Å². The number of benzene rings is 3. The number of hydrazine groups is 1. The first kappa shape index (κ1) is 24.7. The van der Waals surface area contributed by atoms with E-state index in [2.05, 4.69) is 69.7 Å². The zero-order valence-electron chi connectivity index (χ0n) is 21.6. The third-order valence-electron chi connectivity index (χ3n) is 6.79. The van der Waals surface area contributed by atoms with Crippen LogP contribution in [0.3, 0.4) is 0 Å². The van der Waals surface area contributed by atoms with E-state index in [0.29, 0.717) is 22.8 Å². The lowest BCUT2D eigenvalue weighted by Gasteiger charge is -2.32. The van der Waals surface area contributed by atoms with Crippen LogP contribution in [-0.4, -0.2) is 48.2 Å². The third kappa shape index (κ3) is 5.54. The largest absolute Gasteiger partial charge is 0.397 e. The van der Waals surface area contributed by atoms with Gasteiger partial charge in [-0.25, -0.2) is 0 Å². The van der Waals surface area contributed by atoms with E-state index in [1.165, 1.54) is 11.1 Å². The van der Waals surface area contributed by atoms with Crippen LogP contribution in [0.4, 0.5) is 22.9 Å². The van der Waals surface area contributed by atoms with Crippen molar-refractivity contribution in [1.29, 1.82) is 0 Å². The maximum Gasteiger partial charge on any atom is 0.184 e. The molecule has 1 saturated heterocycles. The molecule has 0 spiro atoms. The summed E-state index contributed by atoms with van der Waals surface area (Å²) in [5.41, 5.74) is 16.6. The van der Waals surface area contributed by atoms with Gasteiger partial charge in [0.25, 0.3) is 0 Å². The quantitative estimate of drug-likeness (QED) is 0.141. The molecule has 3 aromatic carbocycles. The zero-order chi connectivity index (χ0) is 25.9. The zero-order valence-corrected chi connectivity index (χ0v) is 21.6. The first-order chi connectivity index (χ1) is 17.9. The molecule has 8 heteroatoms. The lowest BCUT2D eigenvalue weighted by molar-refractivity contribution is 0.148. The number of likely N-dealkylation sites (N-methyl/N-ethyl adjacent to an activating group) is 1. The molecule has 6 N–H and O–H groups in total. The summed E-state index contributed by atoms with van der Waals surface area (Å²) in [4.78, 5) is 4.88. The second kappa shape index (κ2) is 10.5. The van der Waals surface area contributed by atoms with Crippen LogP contribution < -0.4 is 22.3 Å². The Morgan fingerprint density at radius 2 is 1.81 bits per heavy atom. The van der Waals surface area contributed by atoms with E-state index >= 15 is 0 Å². The number of anilines is 4. The van der Waals surface area contributed by atoms with Gasteiger partial charge in [-0.15, -0.1) is 0 Å². The number of nitrogen functional groups attached to an aromatic ring is 2. The Hall–Kier alpha value is -4.03. The molecular formula is C29H33N7O. The second-order valence-corrected chi connectivity index (χ2v) is 9.77. The fraction of sp³-hybridized carbons (Fsp3) is 0.276. The summed E-state index contributed by atoms with van der Waals surface area (Å²) in [5, 5.41) is 8.72. The van der Waals surface area contributed by atoms with Crippen molar-refractivity contribution < 1.29 is 4.52 Å². The summed E-state index contributed by atoms with van der Waals surface area (Å²) in [5.74, 6) is 12.6. The van der Waals surface area contributed by atoms with Gasteiger partial charge in [0.05, 0.1) is 22.3 Å². The Morgan fingerprint density at radius 1 is 1.00 bits per heavy atom. The monoisotopic (exact) mass is 495 g/mol. The van der Waals surface area contributed by atoms with Crippen molar-refractivity contribution in [3.05, 3.63) is 76.3 Å². The molecule has 2 heterocycles. The van der Waals surface area contributed by atoms with Crippen molar-refractivity contribution in [3.8, 4) is 11.8 Å². The fourth-order valence-electron chi connectivity index (χ4n) is 4.68. The topological polar surface area (TPSA) is 109 Å². The van der Waals surface area contributed by atoms with Crippen LogP contribution >= 0.6 is 0 Å². The van der Waals surface area contributed by atoms with Gasteiger partial charge in [0, 0.05) is 44.0 Å². The Morgan fingerprint density at radius 3 is 2.57 bits per heavy atom. The SMILES string of the molecule is Cc1cc(CN2CCN(C)CC2)cc(Nc2noc3c(C#Cc4ccc(NN)c(N)c4)c(C)ccc23)c1. The highest BCUT2D eigenvalue weighted by Gasteiger charge is 2.16. The number of hydrogen-bond donors (Lipinski definition) is 4. The van der Waals surface area contributed by atoms with Crippen LogP contribution in [0, 0.1) is 25.7 Å². The lowest BCUT2D eigenvalue weighted by atomic mass is 10.0. The minimum Gasteiger partial charge on any atom is -0.397 e. The number of nitrogens with two attached hydrogens (primary N) is 2. The van der Waals surface area contributed by atoms with Crippen molar-refractivity contribution >= 4 is 33.8 Å². The van der Waals surface area contributed by atoms with E-state index in [9.17, 15) is 0 Å². The molecular weight excluding hydrogens is 462 g/mol. The number of nitrogens with one attached hydrogen (secondary N) is 2. The molecule has 190 valence electrons. The second-order valence-electron chi connectivity index (χ2n) is 9.77. The predicted molar refractivity (Wildman–Crippen MR) is 151 cm³/mol. The van der Waals surface area contributed by atoms with E-state index in [-0.39, 0.29) is 0 Å². The highest BCUT2D eigenvalue weighted by Crippen LogP contribution is 2.30. The van der Waals surface area contributed by atoms with Gasteiger partial charge in [-0.2, -0.15) is 0 Å². The molecule has 0 atom stereocenters. The number of nitrogens with zero attached hydrogens (tertiary/aromatic N) is 3. The molecule has 0 unspecified atom stereocenters. The first-order valence-electron chi connectivity index (χ1n) is 12.5. The van der Waals surface area contributed by atoms with Gasteiger partial charge in [-0.05, 0) is 74.0 Å². The average Bonchev–Trinajstić information content (AvgIpc) is 3.27. The first-order valence-corrected chi connectivity index (χ1v) is 12.5. The fourth-order valence-corrected chi connectivity index (χ4v) is 4.68. The van der Waals surface area contributed by atoms with Crippen LogP contribution in [-0.2, 0) is 6.54 Å². The smallest absolute Gasteiger partial charge is 0.184 e. The van der Waals surface area contributed by atoms with Gasteiger partial charge in [-0.1, -0.05) is 29.1 Å². The van der Waals surface area contributed by atoms with Crippen LogP contribution in [0.1, 0.15) is 27.8 Å². The van der Waals surface area contributed by atoms with Crippen molar-refractivity contribution in [1.82, 2.24) is 15.0 Å². The van der Waals surface area contributed by atoms with Gasteiger partial charge in [0.1, 0.15) is 0 Å². The van der Waals surface area contributed by atoms with E-state index < -0.39 is 0 Å². The molecule has 0 radical (unpaired) electrons. The number of piperazine rings is 1. The molecule has 0 amide bonds. The minimum atomic E-state index is 0.542. The molecule has 8 nitrogen and oxygen atoms in total. The maximum absolute atomic E-state index is 6.03. The van der Waals surface area contributed by atoms with Gasteiger partial charge in [-0.3, -0.25) is 10.7 Å². The van der Waals surface area contributed by atoms with Crippen molar-refractivity contribution in [2.45, 2.75) is 20.4 Å². The molecule has 1 aliphatic rings. The minimum absolute atomic E-state index is 0.542. The van der Waals surface area contributed by atoms with Crippen LogP contribution in [0.25, 0.3) is 11.0 Å². The standard InChI is InChI=1S/C29H33N7O/c1-19-14-22(18-36-12-10-35(3)11-13-36)16-23(15-19)32-29-25-7-4-20(2)24(28(25)37-34-29)8-5-21-6-9-27(33-31)26(30)17-21/h4,6-7,9,14-17,33H,10-13,18,30-31H2,1-3H3,(H,32,34). The Labute approximate surface area is 217 Å². The number of hydrogen-bond acceptors (Lipinski definition) is 8. The van der Waals surface area contributed by atoms with Gasteiger partial charge < -0.3 is 25.9 Å². The van der Waals surface area contributed by atoms with Gasteiger partial charge in [0.2, 0.25) is 0 Å². The van der Waals surface area contributed by atoms with E-state index in [1.54, 1.807) is 6.07 Å².